The number of nitrogens with one attached hydrogen (secondary N) is 1. The first-order chi connectivity index (χ1) is 9.43. The Morgan fingerprint density at radius 2 is 1.95 bits per heavy atom. The molecule has 2 heterocycles. The monoisotopic (exact) mass is 262 g/mol. The third-order valence-electron chi connectivity index (χ3n) is 4.74. The molecule has 1 aromatic heterocycles. The summed E-state index contributed by atoms with van der Waals surface area (Å²) in [5.41, 5.74) is 0. The van der Waals surface area contributed by atoms with Gasteiger partial charge in [-0.25, -0.2) is 0 Å². The molecule has 1 atom stereocenters. The summed E-state index contributed by atoms with van der Waals surface area (Å²) in [5.74, 6) is 1.21. The first-order valence-corrected chi connectivity index (χ1v) is 8.05. The number of aryl methyl sites for hydroxylation is 1. The van der Waals surface area contributed by atoms with E-state index in [1.54, 1.807) is 0 Å². The molecule has 1 aliphatic heterocycles. The van der Waals surface area contributed by atoms with Gasteiger partial charge in [0.1, 0.15) is 12.2 Å². The first kappa shape index (κ1) is 13.1. The van der Waals surface area contributed by atoms with Crippen molar-refractivity contribution >= 4 is 0 Å². The normalized spacial score (nSPS) is 25.6. The van der Waals surface area contributed by atoms with Crippen LogP contribution in [0.25, 0.3) is 0 Å². The number of hydrogen-bond acceptors (Lipinski definition) is 3. The zero-order valence-corrected chi connectivity index (χ0v) is 11.9. The van der Waals surface area contributed by atoms with Crippen LogP contribution in [0, 0.1) is 0 Å². The van der Waals surface area contributed by atoms with E-state index in [2.05, 4.69) is 20.1 Å². The lowest BCUT2D eigenvalue weighted by atomic mass is 9.95. The van der Waals surface area contributed by atoms with Crippen LogP contribution in [0.2, 0.25) is 0 Å². The third-order valence-corrected chi connectivity index (χ3v) is 4.74. The Morgan fingerprint density at radius 1 is 1.11 bits per heavy atom. The van der Waals surface area contributed by atoms with Crippen molar-refractivity contribution in [3.63, 3.8) is 0 Å². The summed E-state index contributed by atoms with van der Waals surface area (Å²) in [6.45, 7) is 1.19. The molecular formula is C15H26N4. The predicted octanol–water partition coefficient (Wildman–Crippen LogP) is 2.86. The number of hydrogen-bond donors (Lipinski definition) is 1. The number of aromatic nitrogens is 3. The van der Waals surface area contributed by atoms with E-state index in [1.165, 1.54) is 70.2 Å². The smallest absolute Gasteiger partial charge is 0.133 e. The van der Waals surface area contributed by atoms with Crippen LogP contribution >= 0.6 is 0 Å². The van der Waals surface area contributed by atoms with Gasteiger partial charge in [-0.15, -0.1) is 10.2 Å². The molecule has 2 fully saturated rings. The van der Waals surface area contributed by atoms with Crippen molar-refractivity contribution in [3.05, 3.63) is 12.2 Å². The molecule has 0 amide bonds. The van der Waals surface area contributed by atoms with Gasteiger partial charge in [0.2, 0.25) is 0 Å². The van der Waals surface area contributed by atoms with Gasteiger partial charge in [-0.3, -0.25) is 0 Å². The van der Waals surface area contributed by atoms with E-state index >= 15 is 0 Å². The van der Waals surface area contributed by atoms with Gasteiger partial charge in [-0.2, -0.15) is 0 Å². The molecule has 1 unspecified atom stereocenters. The van der Waals surface area contributed by atoms with Gasteiger partial charge in [-0.1, -0.05) is 25.7 Å². The highest BCUT2D eigenvalue weighted by Gasteiger charge is 2.19. The van der Waals surface area contributed by atoms with Crippen molar-refractivity contribution in [2.24, 2.45) is 0 Å². The molecule has 1 aliphatic carbocycles. The molecule has 3 rings (SSSR count). The predicted molar refractivity (Wildman–Crippen MR) is 76.1 cm³/mol. The van der Waals surface area contributed by atoms with Crippen molar-refractivity contribution in [2.45, 2.75) is 76.3 Å². The zero-order chi connectivity index (χ0) is 12.9. The van der Waals surface area contributed by atoms with E-state index in [0.29, 0.717) is 12.1 Å². The van der Waals surface area contributed by atoms with Crippen LogP contribution in [0.15, 0.2) is 6.33 Å². The number of piperidine rings is 1. The minimum atomic E-state index is 0.665. The van der Waals surface area contributed by atoms with Gasteiger partial charge in [0, 0.05) is 18.5 Å². The van der Waals surface area contributed by atoms with Gasteiger partial charge < -0.3 is 9.88 Å². The molecule has 1 N–H and O–H groups in total. The Kier molecular flexibility index (Phi) is 4.49. The average Bonchev–Trinajstić information content (AvgIpc) is 2.95. The molecule has 4 heteroatoms. The lowest BCUT2D eigenvalue weighted by Crippen LogP contribution is -2.34. The van der Waals surface area contributed by atoms with E-state index in [-0.39, 0.29) is 0 Å². The standard InChI is InChI=1S/C15H26N4/c1-2-7-14(8-3-1)19-12-17-18-15(19)10-9-13-6-4-5-11-16-13/h12-14,16H,1-11H2. The average molecular weight is 262 g/mol. The highest BCUT2D eigenvalue weighted by atomic mass is 15.3. The summed E-state index contributed by atoms with van der Waals surface area (Å²) in [4.78, 5) is 0. The van der Waals surface area contributed by atoms with Crippen LogP contribution in [0.1, 0.15) is 69.7 Å². The van der Waals surface area contributed by atoms with Gasteiger partial charge >= 0.3 is 0 Å². The van der Waals surface area contributed by atoms with Crippen LogP contribution in [0.4, 0.5) is 0 Å². The van der Waals surface area contributed by atoms with Crippen LogP contribution < -0.4 is 5.32 Å². The molecule has 19 heavy (non-hydrogen) atoms. The first-order valence-electron chi connectivity index (χ1n) is 8.05. The number of nitrogens with zero attached hydrogens (tertiary/aromatic N) is 3. The molecule has 106 valence electrons. The van der Waals surface area contributed by atoms with Gasteiger partial charge in [0.15, 0.2) is 0 Å². The Morgan fingerprint density at radius 3 is 2.74 bits per heavy atom. The molecule has 4 nitrogen and oxygen atoms in total. The molecular weight excluding hydrogens is 236 g/mol. The minimum Gasteiger partial charge on any atom is -0.314 e. The zero-order valence-electron chi connectivity index (χ0n) is 11.9. The Bertz CT molecular complexity index is 375. The number of rotatable bonds is 4. The molecule has 2 aliphatic rings. The molecule has 0 spiro atoms. The van der Waals surface area contributed by atoms with E-state index in [0.717, 1.165) is 6.42 Å². The SMILES string of the molecule is c1nnc(CCC2CCCCN2)n1C1CCCCC1. The highest BCUT2D eigenvalue weighted by Crippen LogP contribution is 2.28. The van der Waals surface area contributed by atoms with Crippen molar-refractivity contribution in [1.82, 2.24) is 20.1 Å². The maximum Gasteiger partial charge on any atom is 0.133 e. The molecule has 0 bridgehead atoms. The third kappa shape index (κ3) is 3.35. The summed E-state index contributed by atoms with van der Waals surface area (Å²) in [7, 11) is 0. The van der Waals surface area contributed by atoms with Crippen molar-refractivity contribution < 1.29 is 0 Å². The summed E-state index contributed by atoms with van der Waals surface area (Å²) >= 11 is 0. The maximum atomic E-state index is 4.36. The second kappa shape index (κ2) is 6.51. The minimum absolute atomic E-state index is 0.665. The summed E-state index contributed by atoms with van der Waals surface area (Å²) in [6.07, 6.45) is 15.1. The lowest BCUT2D eigenvalue weighted by molar-refractivity contribution is 0.338. The van der Waals surface area contributed by atoms with Gasteiger partial charge in [-0.05, 0) is 38.6 Å². The van der Waals surface area contributed by atoms with Gasteiger partial charge in [0.25, 0.3) is 0 Å². The Hall–Kier alpha value is -0.900. The van der Waals surface area contributed by atoms with Gasteiger partial charge in [0.05, 0.1) is 0 Å². The van der Waals surface area contributed by atoms with Crippen LogP contribution in [-0.4, -0.2) is 27.4 Å². The highest BCUT2D eigenvalue weighted by molar-refractivity contribution is 4.92. The fraction of sp³-hybridized carbons (Fsp3) is 0.867. The molecule has 0 radical (unpaired) electrons. The quantitative estimate of drug-likeness (QED) is 0.907. The second-order valence-corrected chi connectivity index (χ2v) is 6.13. The Labute approximate surface area is 116 Å². The van der Waals surface area contributed by atoms with Crippen LogP contribution in [0.5, 0.6) is 0 Å². The molecule has 1 aromatic rings. The van der Waals surface area contributed by atoms with E-state index < -0.39 is 0 Å². The fourth-order valence-electron chi connectivity index (χ4n) is 3.58. The van der Waals surface area contributed by atoms with E-state index in [1.807, 2.05) is 6.33 Å². The largest absolute Gasteiger partial charge is 0.314 e. The van der Waals surface area contributed by atoms with Crippen LogP contribution in [0.3, 0.4) is 0 Å². The molecule has 1 saturated carbocycles. The summed E-state index contributed by atoms with van der Waals surface area (Å²) in [6, 6.07) is 1.36. The van der Waals surface area contributed by atoms with Crippen LogP contribution in [-0.2, 0) is 6.42 Å². The fourth-order valence-corrected chi connectivity index (χ4v) is 3.58. The van der Waals surface area contributed by atoms with E-state index in [4.69, 9.17) is 0 Å². The lowest BCUT2D eigenvalue weighted by Gasteiger charge is -2.25. The van der Waals surface area contributed by atoms with Crippen molar-refractivity contribution in [3.8, 4) is 0 Å². The second-order valence-electron chi connectivity index (χ2n) is 6.13. The summed E-state index contributed by atoms with van der Waals surface area (Å²) in [5, 5.41) is 12.1. The maximum absolute atomic E-state index is 4.36. The van der Waals surface area contributed by atoms with Crippen molar-refractivity contribution in [2.75, 3.05) is 6.54 Å². The topological polar surface area (TPSA) is 42.7 Å². The summed E-state index contributed by atoms with van der Waals surface area (Å²) < 4.78 is 2.36. The molecule has 0 aromatic carbocycles. The molecule has 1 saturated heterocycles. The van der Waals surface area contributed by atoms with Crippen molar-refractivity contribution in [1.29, 1.82) is 0 Å². The Balaban J connectivity index is 1.56. The van der Waals surface area contributed by atoms with E-state index in [9.17, 15) is 0 Å².